The normalized spacial score (nSPS) is 12.2. The second kappa shape index (κ2) is 23.2. The van der Waals surface area contributed by atoms with Gasteiger partial charge >= 0.3 is 6.09 Å². The summed E-state index contributed by atoms with van der Waals surface area (Å²) in [5.41, 5.74) is 7.51. The summed E-state index contributed by atoms with van der Waals surface area (Å²) in [7, 11) is 0. The molecule has 0 aliphatic rings. The number of hydrogen-bond donors (Lipinski definition) is 1. The van der Waals surface area contributed by atoms with Crippen LogP contribution in [-0.4, -0.2) is 32.0 Å². The van der Waals surface area contributed by atoms with E-state index in [4.69, 9.17) is 19.9 Å². The fourth-order valence-electron chi connectivity index (χ4n) is 6.23. The van der Waals surface area contributed by atoms with E-state index in [9.17, 15) is 4.79 Å². The van der Waals surface area contributed by atoms with E-state index in [0.717, 1.165) is 29.5 Å². The van der Waals surface area contributed by atoms with Crippen LogP contribution in [0.4, 0.5) is 4.79 Å². The molecule has 0 fully saturated rings. The first kappa shape index (κ1) is 37.3. The summed E-state index contributed by atoms with van der Waals surface area (Å²) < 4.78 is 18.3. The Morgan fingerprint density at radius 3 is 1.30 bits per heavy atom. The molecule has 1 amide bonds. The molecule has 0 radical (unpaired) electrons. The van der Waals surface area contributed by atoms with Gasteiger partial charge in [-0.15, -0.1) is 0 Å². The highest BCUT2D eigenvalue weighted by atomic mass is 16.6. The topological polar surface area (TPSA) is 70.8 Å². The fraction of sp³-hybridized carbons (Fsp3) is 0.537. The van der Waals surface area contributed by atoms with E-state index in [0.29, 0.717) is 6.61 Å². The van der Waals surface area contributed by atoms with Gasteiger partial charge in [0.15, 0.2) is 6.10 Å². The summed E-state index contributed by atoms with van der Waals surface area (Å²) in [6.07, 6.45) is 19.9. The third-order valence-corrected chi connectivity index (χ3v) is 8.76. The molecule has 0 spiro atoms. The molecule has 0 bridgehead atoms. The van der Waals surface area contributed by atoms with Crippen LogP contribution in [0.25, 0.3) is 0 Å². The maximum Gasteiger partial charge on any atom is 0.404 e. The largest absolute Gasteiger partial charge is 0.441 e. The molecule has 0 saturated carbocycles. The molecule has 1 unspecified atom stereocenters. The minimum absolute atomic E-state index is 0.126. The zero-order chi connectivity index (χ0) is 32.5. The van der Waals surface area contributed by atoms with Gasteiger partial charge in [-0.25, -0.2) is 4.79 Å². The van der Waals surface area contributed by atoms with Gasteiger partial charge in [0.05, 0.1) is 13.2 Å². The van der Waals surface area contributed by atoms with Crippen molar-refractivity contribution in [3.8, 4) is 0 Å². The Morgan fingerprint density at radius 2 is 0.935 bits per heavy atom. The Bertz CT molecular complexity index is 1060. The van der Waals surface area contributed by atoms with Gasteiger partial charge in [0.2, 0.25) is 0 Å². The lowest BCUT2D eigenvalue weighted by Crippen LogP contribution is -2.39. The van der Waals surface area contributed by atoms with Crippen LogP contribution in [-0.2, 0) is 19.8 Å². The van der Waals surface area contributed by atoms with Crippen LogP contribution in [0.5, 0.6) is 0 Å². The van der Waals surface area contributed by atoms with Crippen molar-refractivity contribution in [3.05, 3.63) is 108 Å². The Balaban J connectivity index is 1.40. The molecule has 3 aromatic carbocycles. The molecule has 252 valence electrons. The number of rotatable bonds is 26. The molecule has 5 heteroatoms. The number of nitrogens with two attached hydrogens (primary N) is 1. The Kier molecular flexibility index (Phi) is 18.8. The van der Waals surface area contributed by atoms with Crippen LogP contribution in [0.1, 0.15) is 126 Å². The maximum absolute atomic E-state index is 11.8. The number of ether oxygens (including phenoxy) is 3. The van der Waals surface area contributed by atoms with Crippen LogP contribution in [0.15, 0.2) is 91.0 Å². The van der Waals surface area contributed by atoms with Gasteiger partial charge < -0.3 is 19.9 Å². The first-order valence-electron chi connectivity index (χ1n) is 18.0. The molecule has 5 nitrogen and oxygen atoms in total. The molecular formula is C41H59NO4. The summed E-state index contributed by atoms with van der Waals surface area (Å²) in [6, 6.07) is 30.5. The van der Waals surface area contributed by atoms with Crippen molar-refractivity contribution in [2.45, 2.75) is 121 Å². The lowest BCUT2D eigenvalue weighted by Gasteiger charge is -2.37. The summed E-state index contributed by atoms with van der Waals surface area (Å²) in [5, 5.41) is 0. The second-order valence-electron chi connectivity index (χ2n) is 12.5. The Labute approximate surface area is 279 Å². The number of benzene rings is 3. The molecule has 3 rings (SSSR count). The van der Waals surface area contributed by atoms with Gasteiger partial charge in [-0.05, 0) is 23.1 Å². The lowest BCUT2D eigenvalue weighted by molar-refractivity contribution is -0.0669. The van der Waals surface area contributed by atoms with Crippen LogP contribution >= 0.6 is 0 Å². The second-order valence-corrected chi connectivity index (χ2v) is 12.5. The molecule has 0 saturated heterocycles. The van der Waals surface area contributed by atoms with Crippen molar-refractivity contribution < 1.29 is 19.0 Å². The van der Waals surface area contributed by atoms with Crippen LogP contribution < -0.4 is 5.73 Å². The van der Waals surface area contributed by atoms with E-state index in [2.05, 4.69) is 43.3 Å². The van der Waals surface area contributed by atoms with Crippen molar-refractivity contribution in [2.75, 3.05) is 19.8 Å². The zero-order valence-corrected chi connectivity index (χ0v) is 28.4. The first-order valence-corrected chi connectivity index (χ1v) is 18.0. The van der Waals surface area contributed by atoms with Crippen molar-refractivity contribution in [2.24, 2.45) is 5.73 Å². The van der Waals surface area contributed by atoms with Gasteiger partial charge in [0.25, 0.3) is 0 Å². The van der Waals surface area contributed by atoms with Gasteiger partial charge in [-0.3, -0.25) is 0 Å². The number of carbonyl (C=O) groups excluding carboxylic acids is 1. The van der Waals surface area contributed by atoms with E-state index < -0.39 is 17.8 Å². The summed E-state index contributed by atoms with van der Waals surface area (Å²) in [4.78, 5) is 11.8. The lowest BCUT2D eigenvalue weighted by atomic mass is 9.80. The van der Waals surface area contributed by atoms with Crippen molar-refractivity contribution in [1.29, 1.82) is 0 Å². The average Bonchev–Trinajstić information content (AvgIpc) is 3.09. The summed E-state index contributed by atoms with van der Waals surface area (Å²) in [6.45, 7) is 3.26. The summed E-state index contributed by atoms with van der Waals surface area (Å²) >= 11 is 0. The molecule has 3 aromatic rings. The highest BCUT2D eigenvalue weighted by Gasteiger charge is 2.38. The molecule has 46 heavy (non-hydrogen) atoms. The number of unbranched alkanes of at least 4 members (excludes halogenated alkanes) is 15. The van der Waals surface area contributed by atoms with E-state index in [1.165, 1.54) is 89.9 Å². The Morgan fingerprint density at radius 1 is 0.565 bits per heavy atom. The van der Waals surface area contributed by atoms with E-state index in [1.54, 1.807) is 0 Å². The molecule has 2 N–H and O–H groups in total. The standard InChI is InChI=1S/C41H59NO4/c1-2-3-4-5-6-7-8-9-10-11-12-13-14-15-16-26-33-44-34-39(46-40(42)43)35-45-41(36-27-20-17-21-28-36,37-29-22-18-23-30-37)38-31-24-19-25-32-38/h17-25,27-32,39H,2-16,26,33-35H2,1H3,(H2,42,43). The molecule has 0 aliphatic heterocycles. The van der Waals surface area contributed by atoms with E-state index in [1.807, 2.05) is 54.6 Å². The molecule has 1 atom stereocenters. The minimum Gasteiger partial charge on any atom is -0.441 e. The van der Waals surface area contributed by atoms with Crippen molar-refractivity contribution >= 4 is 6.09 Å². The predicted octanol–water partition coefficient (Wildman–Crippen LogP) is 10.7. The van der Waals surface area contributed by atoms with Gasteiger partial charge in [0.1, 0.15) is 5.60 Å². The predicted molar refractivity (Wildman–Crippen MR) is 190 cm³/mol. The van der Waals surface area contributed by atoms with Gasteiger partial charge in [0, 0.05) is 6.61 Å². The van der Waals surface area contributed by atoms with Crippen molar-refractivity contribution in [1.82, 2.24) is 0 Å². The highest BCUT2D eigenvalue weighted by Crippen LogP contribution is 2.40. The smallest absolute Gasteiger partial charge is 0.404 e. The SMILES string of the molecule is CCCCCCCCCCCCCCCCCCOCC(COC(c1ccccc1)(c1ccccc1)c1ccccc1)OC(N)=O. The quantitative estimate of drug-likeness (QED) is 0.0708. The fourth-order valence-corrected chi connectivity index (χ4v) is 6.23. The average molecular weight is 630 g/mol. The van der Waals surface area contributed by atoms with Crippen LogP contribution in [0, 0.1) is 0 Å². The van der Waals surface area contributed by atoms with Crippen LogP contribution in [0.2, 0.25) is 0 Å². The third-order valence-electron chi connectivity index (χ3n) is 8.76. The molecule has 0 aliphatic carbocycles. The highest BCUT2D eigenvalue weighted by molar-refractivity contribution is 5.64. The monoisotopic (exact) mass is 629 g/mol. The van der Waals surface area contributed by atoms with Crippen LogP contribution in [0.3, 0.4) is 0 Å². The van der Waals surface area contributed by atoms with E-state index in [-0.39, 0.29) is 13.2 Å². The number of primary amides is 1. The number of hydrogen-bond acceptors (Lipinski definition) is 4. The first-order chi connectivity index (χ1) is 22.7. The maximum atomic E-state index is 11.8. The van der Waals surface area contributed by atoms with E-state index >= 15 is 0 Å². The Hall–Kier alpha value is -3.15. The zero-order valence-electron chi connectivity index (χ0n) is 28.4. The molecule has 0 aromatic heterocycles. The van der Waals surface area contributed by atoms with Gasteiger partial charge in [-0.2, -0.15) is 0 Å². The summed E-state index contributed by atoms with van der Waals surface area (Å²) in [5.74, 6) is 0. The number of amides is 1. The minimum atomic E-state index is -0.906. The molecule has 0 heterocycles. The van der Waals surface area contributed by atoms with Crippen molar-refractivity contribution in [3.63, 3.8) is 0 Å². The number of carbonyl (C=O) groups is 1. The van der Waals surface area contributed by atoms with Gasteiger partial charge in [-0.1, -0.05) is 194 Å². The molecular weight excluding hydrogens is 570 g/mol. The third kappa shape index (κ3) is 13.7.